The van der Waals surface area contributed by atoms with Gasteiger partial charge in [-0.3, -0.25) is 4.79 Å². The Balaban J connectivity index is 2.43. The first-order valence-corrected chi connectivity index (χ1v) is 5.36. The zero-order valence-corrected chi connectivity index (χ0v) is 9.91. The molecule has 0 unspecified atom stereocenters. The Bertz CT molecular complexity index is 630. The molecule has 0 bridgehead atoms. The van der Waals surface area contributed by atoms with Crippen molar-refractivity contribution in [2.45, 2.75) is 6.18 Å². The number of pyridine rings is 1. The fourth-order valence-corrected chi connectivity index (χ4v) is 1.63. The van der Waals surface area contributed by atoms with E-state index in [1.807, 2.05) is 0 Å². The van der Waals surface area contributed by atoms with Gasteiger partial charge in [0.25, 0.3) is 0 Å². The minimum absolute atomic E-state index is 0.177. The summed E-state index contributed by atoms with van der Waals surface area (Å²) in [6.45, 7) is 0. The number of benzene rings is 1. The molecule has 0 radical (unpaired) electrons. The Hall–Kier alpha value is -2.24. The van der Waals surface area contributed by atoms with E-state index in [-0.39, 0.29) is 5.56 Å². The van der Waals surface area contributed by atoms with Crippen molar-refractivity contribution in [3.05, 3.63) is 52.4 Å². The van der Waals surface area contributed by atoms with Crippen molar-refractivity contribution in [3.8, 4) is 16.9 Å². The van der Waals surface area contributed by atoms with Crippen LogP contribution in [0.25, 0.3) is 11.1 Å². The van der Waals surface area contributed by atoms with Crippen LogP contribution in [-0.2, 0) is 6.18 Å². The smallest absolute Gasteiger partial charge is 0.431 e. The van der Waals surface area contributed by atoms with E-state index < -0.39 is 17.3 Å². The largest absolute Gasteiger partial charge is 0.497 e. The van der Waals surface area contributed by atoms with Gasteiger partial charge in [0.1, 0.15) is 11.4 Å². The van der Waals surface area contributed by atoms with Crippen molar-refractivity contribution in [1.29, 1.82) is 0 Å². The fourth-order valence-electron chi connectivity index (χ4n) is 1.63. The van der Waals surface area contributed by atoms with E-state index in [0.717, 1.165) is 6.20 Å². The van der Waals surface area contributed by atoms with Gasteiger partial charge in [-0.2, -0.15) is 13.2 Å². The van der Waals surface area contributed by atoms with Crippen LogP contribution in [0.1, 0.15) is 5.69 Å². The first-order valence-electron chi connectivity index (χ1n) is 5.36. The normalized spacial score (nSPS) is 11.4. The standard InChI is InChI=1S/C13H10F3NO2/c1-19-9-4-2-8(3-5-9)10-7-17-12(6-11(10)18)13(14,15)16/h2-7H,1H3,(H,17,18). The summed E-state index contributed by atoms with van der Waals surface area (Å²) in [6.07, 6.45) is -3.50. The lowest BCUT2D eigenvalue weighted by molar-refractivity contribution is -0.141. The zero-order valence-electron chi connectivity index (χ0n) is 9.91. The third-order valence-electron chi connectivity index (χ3n) is 2.62. The van der Waals surface area contributed by atoms with Crippen LogP contribution < -0.4 is 10.2 Å². The second-order valence-electron chi connectivity index (χ2n) is 3.85. The summed E-state index contributed by atoms with van der Waals surface area (Å²) in [4.78, 5) is 13.8. The summed E-state index contributed by atoms with van der Waals surface area (Å²) >= 11 is 0. The van der Waals surface area contributed by atoms with Crippen LogP contribution in [0, 0.1) is 0 Å². The predicted molar refractivity (Wildman–Crippen MR) is 64.1 cm³/mol. The molecular weight excluding hydrogens is 259 g/mol. The quantitative estimate of drug-likeness (QED) is 0.910. The molecule has 100 valence electrons. The second kappa shape index (κ2) is 4.79. The van der Waals surface area contributed by atoms with Crippen LogP contribution in [-0.4, -0.2) is 12.1 Å². The first-order chi connectivity index (χ1) is 8.91. The Morgan fingerprint density at radius 1 is 1.16 bits per heavy atom. The maximum atomic E-state index is 12.4. The SMILES string of the molecule is COc1ccc(-c2c[nH]c(C(F)(F)F)cc2=O)cc1. The molecule has 1 heterocycles. The Kier molecular flexibility index (Phi) is 3.33. The van der Waals surface area contributed by atoms with Crippen LogP contribution in [0.2, 0.25) is 0 Å². The Morgan fingerprint density at radius 2 is 1.79 bits per heavy atom. The highest BCUT2D eigenvalue weighted by atomic mass is 19.4. The van der Waals surface area contributed by atoms with Gasteiger partial charge in [0, 0.05) is 17.8 Å². The fraction of sp³-hybridized carbons (Fsp3) is 0.154. The lowest BCUT2D eigenvalue weighted by Crippen LogP contribution is -2.14. The molecule has 2 rings (SSSR count). The number of ether oxygens (including phenoxy) is 1. The average molecular weight is 269 g/mol. The molecule has 0 saturated carbocycles. The molecule has 1 aromatic heterocycles. The number of aromatic nitrogens is 1. The lowest BCUT2D eigenvalue weighted by Gasteiger charge is -2.08. The van der Waals surface area contributed by atoms with Crippen molar-refractivity contribution in [2.24, 2.45) is 0 Å². The van der Waals surface area contributed by atoms with Crippen LogP contribution in [0.5, 0.6) is 5.75 Å². The zero-order chi connectivity index (χ0) is 14.0. The number of nitrogens with one attached hydrogen (secondary N) is 1. The molecular formula is C13H10F3NO2. The van der Waals surface area contributed by atoms with E-state index in [9.17, 15) is 18.0 Å². The molecule has 2 aromatic rings. The molecule has 0 fully saturated rings. The molecule has 1 aromatic carbocycles. The van der Waals surface area contributed by atoms with Gasteiger partial charge in [0.2, 0.25) is 0 Å². The number of aromatic amines is 1. The summed E-state index contributed by atoms with van der Waals surface area (Å²) in [5, 5.41) is 0. The molecule has 3 nitrogen and oxygen atoms in total. The third kappa shape index (κ3) is 2.78. The van der Waals surface area contributed by atoms with Gasteiger partial charge in [-0.05, 0) is 17.7 Å². The minimum Gasteiger partial charge on any atom is -0.497 e. The summed E-state index contributed by atoms with van der Waals surface area (Å²) in [5.74, 6) is 0.604. The van der Waals surface area contributed by atoms with Crippen molar-refractivity contribution < 1.29 is 17.9 Å². The molecule has 19 heavy (non-hydrogen) atoms. The van der Waals surface area contributed by atoms with E-state index >= 15 is 0 Å². The molecule has 0 saturated heterocycles. The molecule has 0 aliphatic heterocycles. The number of halogens is 3. The maximum Gasteiger partial charge on any atom is 0.431 e. The Labute approximate surface area is 106 Å². The van der Waals surface area contributed by atoms with E-state index in [1.54, 1.807) is 24.3 Å². The molecule has 0 spiro atoms. The van der Waals surface area contributed by atoms with Crippen molar-refractivity contribution in [1.82, 2.24) is 4.98 Å². The maximum absolute atomic E-state index is 12.4. The summed E-state index contributed by atoms with van der Waals surface area (Å²) < 4.78 is 42.2. The minimum atomic E-state index is -4.56. The molecule has 0 amide bonds. The van der Waals surface area contributed by atoms with Crippen molar-refractivity contribution in [3.63, 3.8) is 0 Å². The second-order valence-corrected chi connectivity index (χ2v) is 3.85. The lowest BCUT2D eigenvalue weighted by atomic mass is 10.1. The predicted octanol–water partition coefficient (Wildman–Crippen LogP) is 3.07. The van der Waals surface area contributed by atoms with E-state index in [4.69, 9.17) is 4.74 Å². The van der Waals surface area contributed by atoms with Gasteiger partial charge in [-0.25, -0.2) is 0 Å². The van der Waals surface area contributed by atoms with E-state index in [1.165, 1.54) is 7.11 Å². The highest BCUT2D eigenvalue weighted by molar-refractivity contribution is 5.63. The molecule has 0 aliphatic rings. The number of alkyl halides is 3. The van der Waals surface area contributed by atoms with Crippen LogP contribution >= 0.6 is 0 Å². The number of rotatable bonds is 2. The molecule has 6 heteroatoms. The van der Waals surface area contributed by atoms with Crippen molar-refractivity contribution >= 4 is 0 Å². The van der Waals surface area contributed by atoms with Gasteiger partial charge in [0.05, 0.1) is 7.11 Å². The highest BCUT2D eigenvalue weighted by Crippen LogP contribution is 2.27. The van der Waals surface area contributed by atoms with E-state index in [2.05, 4.69) is 4.98 Å². The Morgan fingerprint density at radius 3 is 2.26 bits per heavy atom. The highest BCUT2D eigenvalue weighted by Gasteiger charge is 2.32. The van der Waals surface area contributed by atoms with Crippen LogP contribution in [0.3, 0.4) is 0 Å². The number of hydrogen-bond donors (Lipinski definition) is 1. The summed E-state index contributed by atoms with van der Waals surface area (Å²) in [7, 11) is 1.50. The summed E-state index contributed by atoms with van der Waals surface area (Å²) in [6, 6.07) is 7.03. The average Bonchev–Trinajstić information content (AvgIpc) is 2.38. The molecule has 0 aliphatic carbocycles. The van der Waals surface area contributed by atoms with E-state index in [0.29, 0.717) is 17.4 Å². The number of methoxy groups -OCH3 is 1. The monoisotopic (exact) mass is 269 g/mol. The third-order valence-corrected chi connectivity index (χ3v) is 2.62. The summed E-state index contributed by atoms with van der Waals surface area (Å²) in [5.41, 5.74) is -1.04. The molecule has 0 atom stereocenters. The number of H-pyrrole nitrogens is 1. The topological polar surface area (TPSA) is 42.1 Å². The number of hydrogen-bond acceptors (Lipinski definition) is 2. The van der Waals surface area contributed by atoms with Gasteiger partial charge < -0.3 is 9.72 Å². The van der Waals surface area contributed by atoms with Gasteiger partial charge >= 0.3 is 6.18 Å². The van der Waals surface area contributed by atoms with Crippen LogP contribution in [0.15, 0.2) is 41.3 Å². The van der Waals surface area contributed by atoms with Gasteiger partial charge in [-0.15, -0.1) is 0 Å². The first kappa shape index (κ1) is 13.2. The van der Waals surface area contributed by atoms with Gasteiger partial charge in [0.15, 0.2) is 5.43 Å². The van der Waals surface area contributed by atoms with Crippen molar-refractivity contribution in [2.75, 3.05) is 7.11 Å². The molecule has 1 N–H and O–H groups in total. The van der Waals surface area contributed by atoms with Gasteiger partial charge in [-0.1, -0.05) is 12.1 Å². The van der Waals surface area contributed by atoms with Crippen LogP contribution in [0.4, 0.5) is 13.2 Å².